The maximum atomic E-state index is 14.3. The number of aromatic amines is 1. The van der Waals surface area contributed by atoms with Crippen LogP contribution >= 0.6 is 11.6 Å². The number of H-pyrrole nitrogens is 1. The van der Waals surface area contributed by atoms with Crippen LogP contribution in [0.4, 0.5) is 10.1 Å². The van der Waals surface area contributed by atoms with Crippen LogP contribution in [0, 0.1) is 5.82 Å². The molecule has 0 bridgehead atoms. The summed E-state index contributed by atoms with van der Waals surface area (Å²) in [5.74, 6) is -0.947. The van der Waals surface area contributed by atoms with E-state index in [0.717, 1.165) is 0 Å². The first kappa shape index (κ1) is 22.5. The highest BCUT2D eigenvalue weighted by Crippen LogP contribution is 2.27. The average molecular weight is 468 g/mol. The second kappa shape index (κ2) is 9.31. The molecule has 0 saturated carbocycles. The van der Waals surface area contributed by atoms with Crippen molar-refractivity contribution in [2.75, 3.05) is 18.9 Å². The number of amides is 1. The first-order valence-electron chi connectivity index (χ1n) is 9.00. The summed E-state index contributed by atoms with van der Waals surface area (Å²) in [4.78, 5) is 15.2. The van der Waals surface area contributed by atoms with E-state index in [-0.39, 0.29) is 45.1 Å². The smallest absolute Gasteiger partial charge is 0.271 e. The van der Waals surface area contributed by atoms with Crippen molar-refractivity contribution in [1.82, 2.24) is 20.5 Å². The Balaban J connectivity index is 1.79. The number of nitrogens with zero attached hydrogens (tertiary/aromatic N) is 2. The van der Waals surface area contributed by atoms with E-state index < -0.39 is 15.8 Å². The van der Waals surface area contributed by atoms with Crippen LogP contribution in [0.5, 0.6) is 5.88 Å². The second-order valence-corrected chi connectivity index (χ2v) is 8.52. The van der Waals surface area contributed by atoms with Gasteiger partial charge >= 0.3 is 0 Å². The van der Waals surface area contributed by atoms with Gasteiger partial charge in [0.25, 0.3) is 15.9 Å². The van der Waals surface area contributed by atoms with E-state index in [4.69, 9.17) is 16.3 Å². The normalized spacial score (nSPS) is 11.2. The molecule has 164 valence electrons. The van der Waals surface area contributed by atoms with Crippen molar-refractivity contribution in [2.45, 2.75) is 17.7 Å². The number of aryl methyl sites for hydroxylation is 2. The fraction of sp³-hybridized carbons (Fsp3) is 0.211. The molecule has 0 aliphatic carbocycles. The summed E-state index contributed by atoms with van der Waals surface area (Å²) in [6, 6.07) is 6.65. The Labute approximate surface area is 183 Å². The monoisotopic (exact) mass is 467 g/mol. The van der Waals surface area contributed by atoms with Crippen LogP contribution < -0.4 is 14.8 Å². The molecule has 9 nitrogen and oxygen atoms in total. The van der Waals surface area contributed by atoms with Crippen LogP contribution in [-0.4, -0.2) is 43.7 Å². The van der Waals surface area contributed by atoms with E-state index in [1.54, 1.807) is 6.07 Å². The zero-order valence-corrected chi connectivity index (χ0v) is 18.1. The summed E-state index contributed by atoms with van der Waals surface area (Å²) < 4.78 is 47.2. The third-order valence-corrected chi connectivity index (χ3v) is 5.90. The van der Waals surface area contributed by atoms with Gasteiger partial charge in [-0.25, -0.2) is 17.8 Å². The number of anilines is 1. The Morgan fingerprint density at radius 3 is 2.74 bits per heavy atom. The van der Waals surface area contributed by atoms with Gasteiger partial charge in [-0.05, 0) is 48.7 Å². The van der Waals surface area contributed by atoms with Gasteiger partial charge in [0.2, 0.25) is 5.88 Å². The quantitative estimate of drug-likeness (QED) is 0.467. The molecule has 1 amide bonds. The van der Waals surface area contributed by atoms with Gasteiger partial charge in [-0.15, -0.1) is 0 Å². The minimum absolute atomic E-state index is 0.120. The molecule has 0 saturated heterocycles. The lowest BCUT2D eigenvalue weighted by molar-refractivity contribution is 0.0958. The largest absolute Gasteiger partial charge is 0.480 e. The predicted octanol–water partition coefficient (Wildman–Crippen LogP) is 2.55. The molecule has 2 heterocycles. The third-order valence-electron chi connectivity index (χ3n) is 4.32. The number of hydrogen-bond donors (Lipinski definition) is 3. The number of hydrogen-bond acceptors (Lipinski definition) is 6. The van der Waals surface area contributed by atoms with E-state index in [9.17, 15) is 17.6 Å². The van der Waals surface area contributed by atoms with Crippen molar-refractivity contribution in [3.63, 3.8) is 0 Å². The summed E-state index contributed by atoms with van der Waals surface area (Å²) >= 11 is 5.87. The summed E-state index contributed by atoms with van der Waals surface area (Å²) in [7, 11) is -1.31. The second-order valence-electron chi connectivity index (χ2n) is 6.43. The summed E-state index contributed by atoms with van der Waals surface area (Å²) in [6.45, 7) is 0. The number of ether oxygens (including phenoxy) is 1. The first-order valence-corrected chi connectivity index (χ1v) is 10.9. The molecular weight excluding hydrogens is 449 g/mol. The summed E-state index contributed by atoms with van der Waals surface area (Å²) in [6.07, 6.45) is 1.88. The molecular formula is C19H19ClFN5O4S. The van der Waals surface area contributed by atoms with Crippen LogP contribution in [-0.2, 0) is 22.9 Å². The van der Waals surface area contributed by atoms with Crippen molar-refractivity contribution in [1.29, 1.82) is 0 Å². The number of carbonyl (C=O) groups is 1. The molecule has 2 aromatic heterocycles. The molecule has 1 aromatic carbocycles. The van der Waals surface area contributed by atoms with Crippen molar-refractivity contribution < 1.29 is 22.3 Å². The maximum Gasteiger partial charge on any atom is 0.271 e. The highest BCUT2D eigenvalue weighted by atomic mass is 35.5. The molecule has 3 aromatic rings. The summed E-state index contributed by atoms with van der Waals surface area (Å²) in [5, 5.41) is 9.20. The summed E-state index contributed by atoms with van der Waals surface area (Å²) in [5.41, 5.74) is 1.31. The van der Waals surface area contributed by atoms with E-state index in [2.05, 4.69) is 25.2 Å². The minimum Gasteiger partial charge on any atom is -0.480 e. The van der Waals surface area contributed by atoms with Crippen molar-refractivity contribution in [3.8, 4) is 5.88 Å². The van der Waals surface area contributed by atoms with Crippen molar-refractivity contribution >= 4 is 33.2 Å². The molecule has 0 unspecified atom stereocenters. The van der Waals surface area contributed by atoms with Gasteiger partial charge in [0, 0.05) is 24.6 Å². The number of pyridine rings is 1. The number of nitrogens with one attached hydrogen (secondary N) is 3. The van der Waals surface area contributed by atoms with Crippen molar-refractivity contribution in [2.24, 2.45) is 0 Å². The van der Waals surface area contributed by atoms with E-state index in [0.29, 0.717) is 12.1 Å². The highest BCUT2D eigenvalue weighted by Gasteiger charge is 2.22. The lowest BCUT2D eigenvalue weighted by Gasteiger charge is -2.12. The molecule has 0 radical (unpaired) electrons. The van der Waals surface area contributed by atoms with Gasteiger partial charge in [0.05, 0.1) is 12.1 Å². The number of benzene rings is 1. The van der Waals surface area contributed by atoms with Gasteiger partial charge in [0.15, 0.2) is 4.90 Å². The van der Waals surface area contributed by atoms with Gasteiger partial charge in [-0.1, -0.05) is 11.6 Å². The number of sulfonamides is 1. The molecule has 12 heteroatoms. The molecule has 0 spiro atoms. The van der Waals surface area contributed by atoms with E-state index in [1.165, 1.54) is 44.6 Å². The molecule has 0 atom stereocenters. The zero-order valence-electron chi connectivity index (χ0n) is 16.6. The fourth-order valence-corrected chi connectivity index (χ4v) is 4.22. The predicted molar refractivity (Wildman–Crippen MR) is 112 cm³/mol. The van der Waals surface area contributed by atoms with Gasteiger partial charge in [-0.2, -0.15) is 5.10 Å². The zero-order chi connectivity index (χ0) is 22.6. The molecule has 3 rings (SSSR count). The Morgan fingerprint density at radius 1 is 1.26 bits per heavy atom. The number of aromatic nitrogens is 3. The topological polar surface area (TPSA) is 126 Å². The van der Waals surface area contributed by atoms with Crippen molar-refractivity contribution in [3.05, 3.63) is 64.3 Å². The Kier molecular flexibility index (Phi) is 6.76. The highest BCUT2D eigenvalue weighted by molar-refractivity contribution is 7.92. The number of rotatable bonds is 8. The van der Waals surface area contributed by atoms with E-state index in [1.807, 2.05) is 0 Å². The number of carbonyl (C=O) groups excluding carboxylic acids is 1. The minimum atomic E-state index is -4.09. The Bertz CT molecular complexity index is 1220. The van der Waals surface area contributed by atoms with Gasteiger partial charge in [-0.3, -0.25) is 14.6 Å². The van der Waals surface area contributed by atoms with Crippen LogP contribution in [0.2, 0.25) is 5.02 Å². The Hall–Kier alpha value is -3.18. The standard InChI is InChI=1S/C19H19ClFN5O4S/c1-22-18(27)16-9-13(24-25-16)4-3-11-7-14(5-6-15(11)21)26-31(28,29)17-8-12(20)10-23-19(17)30-2/h5-10,26H,3-4H2,1-2H3,(H,22,27)(H,24,25). The molecule has 0 aliphatic rings. The first-order chi connectivity index (χ1) is 14.7. The van der Waals surface area contributed by atoms with Crippen LogP contribution in [0.3, 0.4) is 0 Å². The van der Waals surface area contributed by atoms with Gasteiger partial charge < -0.3 is 10.1 Å². The lowest BCUT2D eigenvalue weighted by atomic mass is 10.1. The third kappa shape index (κ3) is 5.30. The van der Waals surface area contributed by atoms with Crippen LogP contribution in [0.15, 0.2) is 41.4 Å². The molecule has 31 heavy (non-hydrogen) atoms. The number of methoxy groups -OCH3 is 1. The van der Waals surface area contributed by atoms with Gasteiger partial charge in [0.1, 0.15) is 11.5 Å². The molecule has 3 N–H and O–H groups in total. The maximum absolute atomic E-state index is 14.3. The molecule has 0 aliphatic heterocycles. The van der Waals surface area contributed by atoms with Crippen LogP contribution in [0.1, 0.15) is 21.7 Å². The Morgan fingerprint density at radius 2 is 2.03 bits per heavy atom. The number of halogens is 2. The lowest BCUT2D eigenvalue weighted by Crippen LogP contribution is -2.17. The molecule has 0 fully saturated rings. The van der Waals surface area contributed by atoms with E-state index >= 15 is 0 Å². The van der Waals surface area contributed by atoms with Crippen LogP contribution in [0.25, 0.3) is 0 Å². The average Bonchev–Trinajstić information content (AvgIpc) is 3.22. The fourth-order valence-electron chi connectivity index (χ4n) is 2.80. The SMILES string of the molecule is CNC(=O)c1cc(CCc2cc(NS(=O)(=O)c3cc(Cl)cnc3OC)ccc2F)[nH]n1.